The molecule has 1 aromatic rings. The van der Waals surface area contributed by atoms with Gasteiger partial charge in [0.05, 0.1) is 0 Å². The summed E-state index contributed by atoms with van der Waals surface area (Å²) in [6, 6.07) is 7.92. The molecule has 19 heavy (non-hydrogen) atoms. The minimum absolute atomic E-state index is 0.118. The van der Waals surface area contributed by atoms with Gasteiger partial charge in [-0.1, -0.05) is 24.3 Å². The zero-order valence-corrected chi connectivity index (χ0v) is 11.3. The number of hydrogen-bond donors (Lipinski definition) is 3. The lowest BCUT2D eigenvalue weighted by atomic mass is 9.95. The van der Waals surface area contributed by atoms with Crippen molar-refractivity contribution in [1.29, 1.82) is 5.41 Å². The molecule has 1 aliphatic rings. The largest absolute Gasteiger partial charge is 0.396 e. The Kier molecular flexibility index (Phi) is 4.93. The molecule has 1 aromatic carbocycles. The molecule has 1 atom stereocenters. The van der Waals surface area contributed by atoms with Crippen molar-refractivity contribution in [1.82, 2.24) is 4.90 Å². The third kappa shape index (κ3) is 4.04. The molecule has 1 fully saturated rings. The molecule has 1 aliphatic heterocycles. The molecule has 4 heteroatoms. The Morgan fingerprint density at radius 2 is 2.11 bits per heavy atom. The predicted octanol–water partition coefficient (Wildman–Crippen LogP) is 1.57. The van der Waals surface area contributed by atoms with Gasteiger partial charge in [-0.25, -0.2) is 0 Å². The minimum Gasteiger partial charge on any atom is -0.396 e. The fourth-order valence-electron chi connectivity index (χ4n) is 2.76. The lowest BCUT2D eigenvalue weighted by Crippen LogP contribution is -2.35. The van der Waals surface area contributed by atoms with Crippen molar-refractivity contribution in [2.24, 2.45) is 11.7 Å². The number of piperidine rings is 1. The van der Waals surface area contributed by atoms with Gasteiger partial charge in [-0.3, -0.25) is 10.3 Å². The second-order valence-corrected chi connectivity index (χ2v) is 5.37. The number of benzene rings is 1. The Bertz CT molecular complexity index is 414. The summed E-state index contributed by atoms with van der Waals surface area (Å²) >= 11 is 0. The van der Waals surface area contributed by atoms with E-state index in [9.17, 15) is 0 Å². The summed E-state index contributed by atoms with van der Waals surface area (Å²) in [7, 11) is 0. The maximum absolute atomic E-state index is 9.03. The highest BCUT2D eigenvalue weighted by Crippen LogP contribution is 2.21. The van der Waals surface area contributed by atoms with Crippen molar-refractivity contribution in [3.63, 3.8) is 0 Å². The SMILES string of the molecule is N=C(N)c1ccc(CN2CCCC(CCO)C2)cc1. The number of rotatable bonds is 5. The molecule has 4 N–H and O–H groups in total. The van der Waals surface area contributed by atoms with E-state index in [0.717, 1.165) is 31.6 Å². The van der Waals surface area contributed by atoms with Crippen LogP contribution in [0.4, 0.5) is 0 Å². The minimum atomic E-state index is 0.118. The number of hydrogen-bond acceptors (Lipinski definition) is 3. The summed E-state index contributed by atoms with van der Waals surface area (Å²) in [5.41, 5.74) is 7.49. The van der Waals surface area contributed by atoms with E-state index in [1.165, 1.54) is 18.4 Å². The lowest BCUT2D eigenvalue weighted by molar-refractivity contribution is 0.142. The quantitative estimate of drug-likeness (QED) is 0.556. The van der Waals surface area contributed by atoms with Gasteiger partial charge in [0.1, 0.15) is 5.84 Å². The van der Waals surface area contributed by atoms with Crippen LogP contribution in [0, 0.1) is 11.3 Å². The van der Waals surface area contributed by atoms with Gasteiger partial charge >= 0.3 is 0 Å². The average Bonchev–Trinajstić information content (AvgIpc) is 2.40. The van der Waals surface area contributed by atoms with Crippen molar-refractivity contribution in [3.05, 3.63) is 35.4 Å². The molecule has 0 amide bonds. The van der Waals surface area contributed by atoms with E-state index in [4.69, 9.17) is 16.2 Å². The normalized spacial score (nSPS) is 20.4. The van der Waals surface area contributed by atoms with Gasteiger partial charge in [0.25, 0.3) is 0 Å². The average molecular weight is 261 g/mol. The molecule has 4 nitrogen and oxygen atoms in total. The molecule has 0 saturated carbocycles. The van der Waals surface area contributed by atoms with E-state index in [2.05, 4.69) is 4.90 Å². The summed E-state index contributed by atoms with van der Waals surface area (Å²) in [5, 5.41) is 16.4. The van der Waals surface area contributed by atoms with E-state index < -0.39 is 0 Å². The van der Waals surface area contributed by atoms with Crippen molar-refractivity contribution < 1.29 is 5.11 Å². The van der Waals surface area contributed by atoms with E-state index in [1.54, 1.807) is 0 Å². The molecule has 0 spiro atoms. The highest BCUT2D eigenvalue weighted by atomic mass is 16.3. The lowest BCUT2D eigenvalue weighted by Gasteiger charge is -2.32. The van der Waals surface area contributed by atoms with E-state index in [-0.39, 0.29) is 5.84 Å². The van der Waals surface area contributed by atoms with Crippen LogP contribution in [0.1, 0.15) is 30.4 Å². The zero-order valence-electron chi connectivity index (χ0n) is 11.3. The number of nitrogens with one attached hydrogen (secondary N) is 1. The van der Waals surface area contributed by atoms with Gasteiger partial charge in [0.2, 0.25) is 0 Å². The second-order valence-electron chi connectivity index (χ2n) is 5.37. The van der Waals surface area contributed by atoms with Crippen LogP contribution in [0.5, 0.6) is 0 Å². The summed E-state index contributed by atoms with van der Waals surface area (Å²) in [6.45, 7) is 3.46. The van der Waals surface area contributed by atoms with Gasteiger partial charge in [-0.15, -0.1) is 0 Å². The first kappa shape index (κ1) is 14.0. The first-order valence-corrected chi connectivity index (χ1v) is 6.95. The van der Waals surface area contributed by atoms with Crippen LogP contribution >= 0.6 is 0 Å². The van der Waals surface area contributed by atoms with Crippen LogP contribution in [0.25, 0.3) is 0 Å². The standard InChI is InChI=1S/C15H23N3O/c16-15(17)14-5-3-13(4-6-14)11-18-8-1-2-12(10-18)7-9-19/h3-6,12,19H,1-2,7-11H2,(H3,16,17). The van der Waals surface area contributed by atoms with Gasteiger partial charge < -0.3 is 10.8 Å². The molecule has 104 valence electrons. The molecule has 1 saturated heterocycles. The topological polar surface area (TPSA) is 73.3 Å². The number of nitrogens with two attached hydrogens (primary N) is 1. The Morgan fingerprint density at radius 3 is 2.74 bits per heavy atom. The molecular formula is C15H23N3O. The maximum Gasteiger partial charge on any atom is 0.122 e. The molecule has 0 radical (unpaired) electrons. The van der Waals surface area contributed by atoms with Crippen molar-refractivity contribution >= 4 is 5.84 Å². The first-order valence-electron chi connectivity index (χ1n) is 6.95. The second kappa shape index (κ2) is 6.68. The molecule has 1 heterocycles. The van der Waals surface area contributed by atoms with Crippen LogP contribution in [0.2, 0.25) is 0 Å². The number of aliphatic hydroxyl groups is 1. The fourth-order valence-corrected chi connectivity index (χ4v) is 2.76. The van der Waals surface area contributed by atoms with Crippen LogP contribution < -0.4 is 5.73 Å². The van der Waals surface area contributed by atoms with E-state index in [1.807, 2.05) is 24.3 Å². The first-order chi connectivity index (χ1) is 9.19. The Balaban J connectivity index is 1.91. The Labute approximate surface area is 114 Å². The number of likely N-dealkylation sites (tertiary alicyclic amines) is 1. The monoisotopic (exact) mass is 261 g/mol. The highest BCUT2D eigenvalue weighted by Gasteiger charge is 2.19. The predicted molar refractivity (Wildman–Crippen MR) is 77.2 cm³/mol. The maximum atomic E-state index is 9.03. The fraction of sp³-hybridized carbons (Fsp3) is 0.533. The smallest absolute Gasteiger partial charge is 0.122 e. The number of nitrogens with zero attached hydrogens (tertiary/aromatic N) is 1. The summed E-state index contributed by atoms with van der Waals surface area (Å²) in [6.07, 6.45) is 3.37. The Morgan fingerprint density at radius 1 is 1.37 bits per heavy atom. The van der Waals surface area contributed by atoms with Gasteiger partial charge in [0, 0.05) is 25.3 Å². The highest BCUT2D eigenvalue weighted by molar-refractivity contribution is 5.94. The van der Waals surface area contributed by atoms with E-state index >= 15 is 0 Å². The van der Waals surface area contributed by atoms with Crippen molar-refractivity contribution in [3.8, 4) is 0 Å². The van der Waals surface area contributed by atoms with Gasteiger partial charge in [-0.2, -0.15) is 0 Å². The Hall–Kier alpha value is -1.39. The molecule has 1 unspecified atom stereocenters. The van der Waals surface area contributed by atoms with Crippen LogP contribution in [-0.4, -0.2) is 35.5 Å². The summed E-state index contributed by atoms with van der Waals surface area (Å²) in [4.78, 5) is 2.45. The molecular weight excluding hydrogens is 238 g/mol. The van der Waals surface area contributed by atoms with Crippen LogP contribution in [0.3, 0.4) is 0 Å². The third-order valence-electron chi connectivity index (χ3n) is 3.81. The molecule has 0 aliphatic carbocycles. The molecule has 0 aromatic heterocycles. The van der Waals surface area contributed by atoms with E-state index in [0.29, 0.717) is 12.5 Å². The number of nitrogen functional groups attached to an aromatic ring is 1. The third-order valence-corrected chi connectivity index (χ3v) is 3.81. The number of amidine groups is 1. The van der Waals surface area contributed by atoms with Crippen molar-refractivity contribution in [2.45, 2.75) is 25.8 Å². The molecule has 2 rings (SSSR count). The van der Waals surface area contributed by atoms with Gasteiger partial charge in [0.15, 0.2) is 0 Å². The summed E-state index contributed by atoms with van der Waals surface area (Å²) < 4.78 is 0. The van der Waals surface area contributed by atoms with Gasteiger partial charge in [-0.05, 0) is 37.3 Å². The summed E-state index contributed by atoms with van der Waals surface area (Å²) in [5.74, 6) is 0.753. The zero-order chi connectivity index (χ0) is 13.7. The van der Waals surface area contributed by atoms with Crippen LogP contribution in [0.15, 0.2) is 24.3 Å². The van der Waals surface area contributed by atoms with Crippen molar-refractivity contribution in [2.75, 3.05) is 19.7 Å². The molecule has 0 bridgehead atoms. The number of aliphatic hydroxyl groups excluding tert-OH is 1. The van der Waals surface area contributed by atoms with Crippen LogP contribution in [-0.2, 0) is 6.54 Å².